The highest BCUT2D eigenvalue weighted by Crippen LogP contribution is 2.08. The molecule has 0 fully saturated rings. The third-order valence-electron chi connectivity index (χ3n) is 2.61. The Hall–Kier alpha value is -1.39. The topological polar surface area (TPSA) is 61.4 Å². The number of hydrogen-bond acceptors (Lipinski definition) is 3. The Labute approximate surface area is 108 Å². The molecule has 0 saturated carbocycles. The smallest absolute Gasteiger partial charge is 0.238 e. The molecular weight excluding hydrogens is 228 g/mol. The van der Waals surface area contributed by atoms with Gasteiger partial charge in [-0.25, -0.2) is 0 Å². The van der Waals surface area contributed by atoms with Crippen LogP contribution in [0.2, 0.25) is 0 Å². The molecule has 0 bridgehead atoms. The van der Waals surface area contributed by atoms with Crippen LogP contribution in [0.5, 0.6) is 0 Å². The molecule has 0 aliphatic carbocycles. The maximum atomic E-state index is 11.7. The van der Waals surface area contributed by atoms with E-state index in [1.807, 2.05) is 38.1 Å². The van der Waals surface area contributed by atoms with Gasteiger partial charge in [0.25, 0.3) is 0 Å². The number of carbonyl (C=O) groups excluding carboxylic acids is 1. The molecule has 4 heteroatoms. The number of nitrogens with one attached hydrogen (secondary N) is 2. The molecule has 100 valence electrons. The van der Waals surface area contributed by atoms with Crippen LogP contribution in [0.25, 0.3) is 0 Å². The maximum Gasteiger partial charge on any atom is 0.238 e. The van der Waals surface area contributed by atoms with Crippen LogP contribution in [0.15, 0.2) is 24.3 Å². The lowest BCUT2D eigenvalue weighted by molar-refractivity contribution is -0.115. The second kappa shape index (κ2) is 7.13. The summed E-state index contributed by atoms with van der Waals surface area (Å²) >= 11 is 0. The summed E-state index contributed by atoms with van der Waals surface area (Å²) in [5, 5.41) is 15.1. The summed E-state index contributed by atoms with van der Waals surface area (Å²) in [6, 6.07) is 7.81. The van der Waals surface area contributed by atoms with Crippen molar-refractivity contribution < 1.29 is 9.90 Å². The molecule has 0 spiro atoms. The van der Waals surface area contributed by atoms with Crippen molar-refractivity contribution in [1.82, 2.24) is 5.32 Å². The van der Waals surface area contributed by atoms with Crippen molar-refractivity contribution >= 4 is 11.6 Å². The predicted molar refractivity (Wildman–Crippen MR) is 73.6 cm³/mol. The summed E-state index contributed by atoms with van der Waals surface area (Å²) in [6.45, 7) is 5.93. The van der Waals surface area contributed by atoms with Crippen LogP contribution in [0, 0.1) is 6.92 Å². The van der Waals surface area contributed by atoms with Gasteiger partial charge < -0.3 is 15.7 Å². The first-order chi connectivity index (χ1) is 8.47. The summed E-state index contributed by atoms with van der Waals surface area (Å²) in [5.74, 6) is -0.0713. The van der Waals surface area contributed by atoms with E-state index < -0.39 is 0 Å². The first-order valence-corrected chi connectivity index (χ1v) is 6.25. The summed E-state index contributed by atoms with van der Waals surface area (Å²) in [7, 11) is 0. The zero-order valence-electron chi connectivity index (χ0n) is 11.2. The predicted octanol–water partition coefficient (Wildman–Crippen LogP) is 1.68. The lowest BCUT2D eigenvalue weighted by atomic mass is 10.1. The molecule has 2 atom stereocenters. The number of amides is 1. The van der Waals surface area contributed by atoms with Gasteiger partial charge in [0, 0.05) is 11.7 Å². The number of aliphatic hydroxyl groups is 1. The number of rotatable bonds is 6. The van der Waals surface area contributed by atoms with Gasteiger partial charge in [-0.3, -0.25) is 4.79 Å². The van der Waals surface area contributed by atoms with E-state index in [1.54, 1.807) is 6.92 Å². The van der Waals surface area contributed by atoms with Crippen LogP contribution >= 0.6 is 0 Å². The SMILES string of the molecule is Cc1cccc(NC(=O)CNC(C)CC(C)O)c1. The highest BCUT2D eigenvalue weighted by Gasteiger charge is 2.08. The van der Waals surface area contributed by atoms with Crippen molar-refractivity contribution in [2.75, 3.05) is 11.9 Å². The largest absolute Gasteiger partial charge is 0.393 e. The third-order valence-corrected chi connectivity index (χ3v) is 2.61. The summed E-state index contributed by atoms with van der Waals surface area (Å²) in [5.41, 5.74) is 1.92. The van der Waals surface area contributed by atoms with Crippen molar-refractivity contribution in [3.05, 3.63) is 29.8 Å². The van der Waals surface area contributed by atoms with Gasteiger partial charge in [-0.05, 0) is 44.9 Å². The Morgan fingerprint density at radius 2 is 2.11 bits per heavy atom. The molecule has 1 aromatic rings. The molecule has 1 aromatic carbocycles. The molecule has 1 rings (SSSR count). The van der Waals surface area contributed by atoms with Gasteiger partial charge in [-0.2, -0.15) is 0 Å². The second-order valence-corrected chi connectivity index (χ2v) is 4.78. The minimum absolute atomic E-state index is 0.0713. The van der Waals surface area contributed by atoms with Gasteiger partial charge >= 0.3 is 0 Å². The number of hydrogen-bond donors (Lipinski definition) is 3. The Bertz CT molecular complexity index is 391. The Morgan fingerprint density at radius 1 is 1.39 bits per heavy atom. The van der Waals surface area contributed by atoms with Gasteiger partial charge in [-0.15, -0.1) is 0 Å². The van der Waals surface area contributed by atoms with E-state index in [0.717, 1.165) is 11.3 Å². The second-order valence-electron chi connectivity index (χ2n) is 4.78. The first-order valence-electron chi connectivity index (χ1n) is 6.25. The van der Waals surface area contributed by atoms with Gasteiger partial charge in [0.1, 0.15) is 0 Å². The van der Waals surface area contributed by atoms with Crippen LogP contribution in [-0.2, 0) is 4.79 Å². The fourth-order valence-electron chi connectivity index (χ4n) is 1.79. The Morgan fingerprint density at radius 3 is 2.72 bits per heavy atom. The molecule has 18 heavy (non-hydrogen) atoms. The number of anilines is 1. The molecule has 1 amide bonds. The zero-order chi connectivity index (χ0) is 13.5. The number of aliphatic hydroxyl groups excluding tert-OH is 1. The summed E-state index contributed by atoms with van der Waals surface area (Å²) in [6.07, 6.45) is 0.282. The van der Waals surface area contributed by atoms with Gasteiger partial charge in [0.2, 0.25) is 5.91 Å². The molecule has 0 saturated heterocycles. The van der Waals surface area contributed by atoms with Crippen molar-refractivity contribution in [3.8, 4) is 0 Å². The van der Waals surface area contributed by atoms with Crippen molar-refractivity contribution in [2.24, 2.45) is 0 Å². The average Bonchev–Trinajstić information content (AvgIpc) is 2.25. The normalized spacial score (nSPS) is 14.0. The number of aryl methyl sites for hydroxylation is 1. The molecule has 2 unspecified atom stereocenters. The average molecular weight is 250 g/mol. The van der Waals surface area contributed by atoms with Crippen LogP contribution in [0.4, 0.5) is 5.69 Å². The monoisotopic (exact) mass is 250 g/mol. The highest BCUT2D eigenvalue weighted by atomic mass is 16.3. The van der Waals surface area contributed by atoms with E-state index in [4.69, 9.17) is 0 Å². The molecule has 3 N–H and O–H groups in total. The minimum Gasteiger partial charge on any atom is -0.393 e. The van der Waals surface area contributed by atoms with E-state index in [0.29, 0.717) is 6.42 Å². The van der Waals surface area contributed by atoms with Crippen molar-refractivity contribution in [2.45, 2.75) is 39.3 Å². The molecule has 0 heterocycles. The molecule has 0 aliphatic heterocycles. The molecule has 0 aliphatic rings. The van der Waals surface area contributed by atoms with Crippen molar-refractivity contribution in [3.63, 3.8) is 0 Å². The van der Waals surface area contributed by atoms with Gasteiger partial charge in [-0.1, -0.05) is 12.1 Å². The molecule has 4 nitrogen and oxygen atoms in total. The fraction of sp³-hybridized carbons (Fsp3) is 0.500. The van der Waals surface area contributed by atoms with E-state index >= 15 is 0 Å². The van der Waals surface area contributed by atoms with E-state index in [1.165, 1.54) is 0 Å². The third kappa shape index (κ3) is 5.80. The van der Waals surface area contributed by atoms with E-state index in [9.17, 15) is 9.90 Å². The van der Waals surface area contributed by atoms with Gasteiger partial charge in [0.05, 0.1) is 12.6 Å². The lowest BCUT2D eigenvalue weighted by Gasteiger charge is -2.15. The van der Waals surface area contributed by atoms with Gasteiger partial charge in [0.15, 0.2) is 0 Å². The minimum atomic E-state index is -0.354. The van der Waals surface area contributed by atoms with Crippen LogP contribution < -0.4 is 10.6 Å². The highest BCUT2D eigenvalue weighted by molar-refractivity contribution is 5.92. The summed E-state index contributed by atoms with van der Waals surface area (Å²) in [4.78, 5) is 11.7. The molecule has 0 radical (unpaired) electrons. The Kier molecular flexibility index (Phi) is 5.82. The van der Waals surface area contributed by atoms with E-state index in [-0.39, 0.29) is 24.6 Å². The quantitative estimate of drug-likeness (QED) is 0.720. The standard InChI is InChI=1S/C14H22N2O2/c1-10-5-4-6-13(7-10)16-14(18)9-15-11(2)8-12(3)17/h4-7,11-12,15,17H,8-9H2,1-3H3,(H,16,18). The zero-order valence-corrected chi connectivity index (χ0v) is 11.2. The van der Waals surface area contributed by atoms with Crippen LogP contribution in [0.1, 0.15) is 25.8 Å². The molecule has 0 aromatic heterocycles. The summed E-state index contributed by atoms with van der Waals surface area (Å²) < 4.78 is 0. The molecular formula is C14H22N2O2. The maximum absolute atomic E-state index is 11.7. The van der Waals surface area contributed by atoms with Crippen LogP contribution in [-0.4, -0.2) is 29.7 Å². The van der Waals surface area contributed by atoms with Crippen molar-refractivity contribution in [1.29, 1.82) is 0 Å². The number of carbonyl (C=O) groups is 1. The van der Waals surface area contributed by atoms with E-state index in [2.05, 4.69) is 10.6 Å². The lowest BCUT2D eigenvalue weighted by Crippen LogP contribution is -2.36. The first kappa shape index (κ1) is 14.7. The Balaban J connectivity index is 2.34. The number of benzene rings is 1. The van der Waals surface area contributed by atoms with Crippen LogP contribution in [0.3, 0.4) is 0 Å². The fourth-order valence-corrected chi connectivity index (χ4v) is 1.79.